The average Bonchev–Trinajstić information content (AvgIpc) is 2.16. The standard InChI is InChI=1S/C8H9IN2O3/c1-14-8-3-7(11(12)13)6(9)2-5(8)4-10/h2-3H,4,10H2,1H3. The van der Waals surface area contributed by atoms with Crippen molar-refractivity contribution < 1.29 is 9.66 Å². The summed E-state index contributed by atoms with van der Waals surface area (Å²) >= 11 is 1.90. The quantitative estimate of drug-likeness (QED) is 0.523. The Labute approximate surface area is 94.5 Å². The highest BCUT2D eigenvalue weighted by Gasteiger charge is 2.15. The van der Waals surface area contributed by atoms with Gasteiger partial charge in [0.15, 0.2) is 0 Å². The molecule has 0 unspecified atom stereocenters. The maximum Gasteiger partial charge on any atom is 0.286 e. The van der Waals surface area contributed by atoms with Crippen LogP contribution in [0, 0.1) is 13.7 Å². The van der Waals surface area contributed by atoms with E-state index in [1.165, 1.54) is 13.2 Å². The van der Waals surface area contributed by atoms with Gasteiger partial charge < -0.3 is 10.5 Å². The van der Waals surface area contributed by atoms with Crippen molar-refractivity contribution in [3.05, 3.63) is 31.4 Å². The van der Waals surface area contributed by atoms with Gasteiger partial charge in [-0.15, -0.1) is 0 Å². The zero-order valence-electron chi connectivity index (χ0n) is 7.49. The average molecular weight is 308 g/mol. The van der Waals surface area contributed by atoms with Gasteiger partial charge in [-0.25, -0.2) is 0 Å². The summed E-state index contributed by atoms with van der Waals surface area (Å²) < 4.78 is 5.56. The SMILES string of the molecule is COc1cc([N+](=O)[O-])c(I)cc1CN. The van der Waals surface area contributed by atoms with Crippen LogP contribution in [-0.4, -0.2) is 12.0 Å². The fourth-order valence-electron chi connectivity index (χ4n) is 1.07. The second kappa shape index (κ2) is 4.56. The molecular formula is C8H9IN2O3. The molecule has 0 aliphatic rings. The molecule has 0 bridgehead atoms. The van der Waals surface area contributed by atoms with E-state index in [0.717, 1.165) is 5.56 Å². The summed E-state index contributed by atoms with van der Waals surface area (Å²) in [7, 11) is 1.46. The van der Waals surface area contributed by atoms with Gasteiger partial charge in [0.05, 0.1) is 21.7 Å². The number of nitro groups is 1. The second-order valence-corrected chi connectivity index (χ2v) is 3.74. The maximum absolute atomic E-state index is 10.6. The van der Waals surface area contributed by atoms with Gasteiger partial charge in [-0.3, -0.25) is 10.1 Å². The Morgan fingerprint density at radius 3 is 2.71 bits per heavy atom. The Morgan fingerprint density at radius 1 is 1.64 bits per heavy atom. The van der Waals surface area contributed by atoms with E-state index in [0.29, 0.717) is 15.9 Å². The molecule has 0 aliphatic carbocycles. The van der Waals surface area contributed by atoms with Crippen molar-refractivity contribution in [2.24, 2.45) is 5.73 Å². The summed E-state index contributed by atoms with van der Waals surface area (Å²) in [5.74, 6) is 0.458. The molecule has 6 heteroatoms. The lowest BCUT2D eigenvalue weighted by atomic mass is 10.2. The minimum absolute atomic E-state index is 0.0413. The second-order valence-electron chi connectivity index (χ2n) is 2.58. The number of benzene rings is 1. The minimum atomic E-state index is -0.440. The number of methoxy groups -OCH3 is 1. The molecule has 0 amide bonds. The monoisotopic (exact) mass is 308 g/mol. The maximum atomic E-state index is 10.6. The summed E-state index contributed by atoms with van der Waals surface area (Å²) in [6.45, 7) is 0.303. The smallest absolute Gasteiger partial charge is 0.286 e. The predicted molar refractivity (Wildman–Crippen MR) is 60.3 cm³/mol. The minimum Gasteiger partial charge on any atom is -0.496 e. The van der Waals surface area contributed by atoms with E-state index < -0.39 is 4.92 Å². The molecule has 0 spiro atoms. The van der Waals surface area contributed by atoms with Gasteiger partial charge in [-0.05, 0) is 28.7 Å². The van der Waals surface area contributed by atoms with E-state index in [1.54, 1.807) is 6.07 Å². The number of nitrogens with zero attached hydrogens (tertiary/aromatic N) is 1. The fraction of sp³-hybridized carbons (Fsp3) is 0.250. The van der Waals surface area contributed by atoms with E-state index in [4.69, 9.17) is 10.5 Å². The summed E-state index contributed by atoms with van der Waals surface area (Å²) in [6, 6.07) is 3.06. The van der Waals surface area contributed by atoms with Crippen LogP contribution < -0.4 is 10.5 Å². The van der Waals surface area contributed by atoms with E-state index in [2.05, 4.69) is 0 Å². The number of halogens is 1. The third kappa shape index (κ3) is 2.13. The van der Waals surface area contributed by atoms with Gasteiger partial charge in [-0.1, -0.05) is 0 Å². The Hall–Kier alpha value is -0.890. The molecule has 1 aromatic carbocycles. The molecule has 0 saturated carbocycles. The number of ether oxygens (including phenoxy) is 1. The Balaban J connectivity index is 3.30. The molecule has 1 rings (SSSR count). The van der Waals surface area contributed by atoms with Gasteiger partial charge in [0.1, 0.15) is 5.75 Å². The predicted octanol–water partition coefficient (Wildman–Crippen LogP) is 1.67. The Morgan fingerprint density at radius 2 is 2.29 bits per heavy atom. The van der Waals surface area contributed by atoms with Gasteiger partial charge >= 0.3 is 0 Å². The highest BCUT2D eigenvalue weighted by atomic mass is 127. The first-order chi connectivity index (χ1) is 6.60. The number of hydrogen-bond acceptors (Lipinski definition) is 4. The van der Waals surface area contributed by atoms with Crippen molar-refractivity contribution in [2.75, 3.05) is 7.11 Å². The third-order valence-electron chi connectivity index (χ3n) is 1.77. The van der Waals surface area contributed by atoms with Crippen LogP contribution in [-0.2, 0) is 6.54 Å². The molecule has 14 heavy (non-hydrogen) atoms. The van der Waals surface area contributed by atoms with Crippen LogP contribution in [0.15, 0.2) is 12.1 Å². The van der Waals surface area contributed by atoms with Crippen LogP contribution in [0.2, 0.25) is 0 Å². The van der Waals surface area contributed by atoms with Crippen molar-refractivity contribution in [1.29, 1.82) is 0 Å². The number of nitro benzene ring substituents is 1. The van der Waals surface area contributed by atoms with Crippen LogP contribution >= 0.6 is 22.6 Å². The number of hydrogen-bond donors (Lipinski definition) is 1. The van der Waals surface area contributed by atoms with E-state index in [-0.39, 0.29) is 5.69 Å². The Kier molecular flexibility index (Phi) is 3.64. The molecule has 2 N–H and O–H groups in total. The molecule has 1 aromatic rings. The molecule has 0 aromatic heterocycles. The molecule has 0 heterocycles. The first kappa shape index (κ1) is 11.2. The molecular weight excluding hydrogens is 299 g/mol. The van der Waals surface area contributed by atoms with Crippen molar-refractivity contribution in [1.82, 2.24) is 0 Å². The van der Waals surface area contributed by atoms with E-state index in [1.807, 2.05) is 22.6 Å². The fourth-order valence-corrected chi connectivity index (χ4v) is 1.80. The highest BCUT2D eigenvalue weighted by molar-refractivity contribution is 14.1. The van der Waals surface area contributed by atoms with Crippen LogP contribution in [0.4, 0.5) is 5.69 Å². The van der Waals surface area contributed by atoms with Crippen LogP contribution in [0.1, 0.15) is 5.56 Å². The molecule has 0 aliphatic heterocycles. The van der Waals surface area contributed by atoms with Crippen LogP contribution in [0.25, 0.3) is 0 Å². The molecule has 76 valence electrons. The summed E-state index contributed by atoms with van der Waals surface area (Å²) in [5.41, 5.74) is 6.28. The molecule has 0 saturated heterocycles. The molecule has 0 fully saturated rings. The summed E-state index contributed by atoms with van der Waals surface area (Å²) in [4.78, 5) is 10.2. The van der Waals surface area contributed by atoms with Gasteiger partial charge in [0.2, 0.25) is 0 Å². The summed E-state index contributed by atoms with van der Waals surface area (Å²) in [6.07, 6.45) is 0. The zero-order valence-corrected chi connectivity index (χ0v) is 9.65. The van der Waals surface area contributed by atoms with E-state index in [9.17, 15) is 10.1 Å². The van der Waals surface area contributed by atoms with Crippen molar-refractivity contribution in [3.63, 3.8) is 0 Å². The lowest BCUT2D eigenvalue weighted by Crippen LogP contribution is -2.02. The normalized spacial score (nSPS) is 9.93. The van der Waals surface area contributed by atoms with Crippen molar-refractivity contribution in [3.8, 4) is 5.75 Å². The van der Waals surface area contributed by atoms with Gasteiger partial charge in [0, 0.05) is 12.1 Å². The largest absolute Gasteiger partial charge is 0.496 e. The topological polar surface area (TPSA) is 78.4 Å². The third-order valence-corrected chi connectivity index (χ3v) is 2.63. The zero-order chi connectivity index (χ0) is 10.7. The lowest BCUT2D eigenvalue weighted by Gasteiger charge is -2.06. The molecule has 0 atom stereocenters. The van der Waals surface area contributed by atoms with Gasteiger partial charge in [0.25, 0.3) is 5.69 Å². The van der Waals surface area contributed by atoms with Crippen LogP contribution in [0.3, 0.4) is 0 Å². The molecule has 0 radical (unpaired) electrons. The van der Waals surface area contributed by atoms with Crippen molar-refractivity contribution in [2.45, 2.75) is 6.54 Å². The van der Waals surface area contributed by atoms with Gasteiger partial charge in [-0.2, -0.15) is 0 Å². The first-order valence-corrected chi connectivity index (χ1v) is 4.89. The Bertz CT molecular complexity index is 368. The summed E-state index contributed by atoms with van der Waals surface area (Å²) in [5, 5.41) is 10.6. The number of nitrogens with two attached hydrogens (primary N) is 1. The molecule has 5 nitrogen and oxygen atoms in total. The van der Waals surface area contributed by atoms with Crippen LogP contribution in [0.5, 0.6) is 5.75 Å². The van der Waals surface area contributed by atoms with E-state index >= 15 is 0 Å². The van der Waals surface area contributed by atoms with Crippen molar-refractivity contribution >= 4 is 28.3 Å². The highest BCUT2D eigenvalue weighted by Crippen LogP contribution is 2.29. The first-order valence-electron chi connectivity index (χ1n) is 3.81. The number of rotatable bonds is 3. The lowest BCUT2D eigenvalue weighted by molar-refractivity contribution is -0.385.